The summed E-state index contributed by atoms with van der Waals surface area (Å²) in [5, 5.41) is 9.36. The number of hydrogen-bond acceptors (Lipinski definition) is 5. The number of esters is 1. The maximum absolute atomic E-state index is 11.7. The van der Waals surface area contributed by atoms with E-state index in [2.05, 4.69) is 0 Å². The number of aliphatic hydroxyl groups is 1. The SMILES string of the molecule is C/C=C\C(C(=O)OCC1COC(C)(C)O1)=C(/C)O.CC. The molecule has 1 saturated heterocycles. The lowest BCUT2D eigenvalue weighted by Gasteiger charge is -2.17. The number of hydrogen-bond donors (Lipinski definition) is 1. The summed E-state index contributed by atoms with van der Waals surface area (Å²) in [7, 11) is 0. The van der Waals surface area contributed by atoms with Crippen molar-refractivity contribution >= 4 is 5.97 Å². The van der Waals surface area contributed by atoms with Gasteiger partial charge in [0.1, 0.15) is 18.5 Å². The summed E-state index contributed by atoms with van der Waals surface area (Å²) in [4.78, 5) is 11.7. The van der Waals surface area contributed by atoms with Crippen LogP contribution in [0.5, 0.6) is 0 Å². The second-order valence-corrected chi connectivity index (χ2v) is 4.55. The highest BCUT2D eigenvalue weighted by Gasteiger charge is 2.33. The summed E-state index contributed by atoms with van der Waals surface area (Å²) in [5.41, 5.74) is 0.149. The van der Waals surface area contributed by atoms with Gasteiger partial charge in [-0.2, -0.15) is 0 Å². The first-order valence-electron chi connectivity index (χ1n) is 6.87. The van der Waals surface area contributed by atoms with E-state index in [4.69, 9.17) is 14.2 Å². The first-order valence-corrected chi connectivity index (χ1v) is 6.87. The van der Waals surface area contributed by atoms with E-state index < -0.39 is 11.8 Å². The molecule has 0 amide bonds. The molecule has 1 aliphatic rings. The van der Waals surface area contributed by atoms with Crippen LogP contribution >= 0.6 is 0 Å². The summed E-state index contributed by atoms with van der Waals surface area (Å²) >= 11 is 0. The Kier molecular flexibility index (Phi) is 8.18. The molecule has 1 aliphatic heterocycles. The zero-order chi connectivity index (χ0) is 15.8. The number of ether oxygens (including phenoxy) is 3. The second-order valence-electron chi connectivity index (χ2n) is 4.55. The van der Waals surface area contributed by atoms with Crippen molar-refractivity contribution in [3.8, 4) is 0 Å². The highest BCUT2D eigenvalue weighted by Crippen LogP contribution is 2.22. The Balaban J connectivity index is 0.00000172. The molecule has 1 rings (SSSR count). The molecule has 1 heterocycles. The van der Waals surface area contributed by atoms with Crippen LogP contribution in [0.15, 0.2) is 23.5 Å². The topological polar surface area (TPSA) is 65.0 Å². The smallest absolute Gasteiger partial charge is 0.341 e. The van der Waals surface area contributed by atoms with Crippen LogP contribution in [0.3, 0.4) is 0 Å². The lowest BCUT2D eigenvalue weighted by atomic mass is 10.2. The first-order chi connectivity index (χ1) is 9.35. The molecule has 1 unspecified atom stereocenters. The molecule has 0 radical (unpaired) electrons. The molecule has 0 spiro atoms. The van der Waals surface area contributed by atoms with E-state index in [0.29, 0.717) is 6.61 Å². The third kappa shape index (κ3) is 6.21. The van der Waals surface area contributed by atoms with Gasteiger partial charge in [-0.05, 0) is 33.8 Å². The zero-order valence-electron chi connectivity index (χ0n) is 13.2. The van der Waals surface area contributed by atoms with Crippen LogP contribution in [0.2, 0.25) is 0 Å². The summed E-state index contributed by atoms with van der Waals surface area (Å²) in [5.74, 6) is -1.27. The van der Waals surface area contributed by atoms with Gasteiger partial charge in [0.05, 0.1) is 12.2 Å². The molecule has 1 fully saturated rings. The summed E-state index contributed by atoms with van der Waals surface area (Å²) in [6, 6.07) is 0. The molecule has 1 N–H and O–H groups in total. The van der Waals surface area contributed by atoms with Gasteiger partial charge in [0.15, 0.2) is 5.79 Å². The van der Waals surface area contributed by atoms with E-state index in [1.165, 1.54) is 13.0 Å². The maximum atomic E-state index is 11.7. The zero-order valence-corrected chi connectivity index (χ0v) is 13.2. The van der Waals surface area contributed by atoms with Gasteiger partial charge in [0.25, 0.3) is 0 Å². The third-order valence-corrected chi connectivity index (χ3v) is 2.41. The molecule has 1 atom stereocenters. The Morgan fingerprint density at radius 1 is 1.45 bits per heavy atom. The molecule has 116 valence electrons. The minimum atomic E-state index is -0.633. The standard InChI is InChI=1S/C13H20O5.C2H6/c1-5-6-11(9(2)14)12(15)16-7-10-8-17-13(3,4)18-10;1-2/h5-6,10,14H,7-8H2,1-4H3;1-2H3/b6-5-,11-9-;. The minimum Gasteiger partial charge on any atom is -0.512 e. The number of allylic oxidation sites excluding steroid dienone is 2. The Labute approximate surface area is 121 Å². The van der Waals surface area contributed by atoms with Gasteiger partial charge in [0.2, 0.25) is 0 Å². The lowest BCUT2D eigenvalue weighted by Crippen LogP contribution is -2.25. The number of rotatable bonds is 4. The van der Waals surface area contributed by atoms with Gasteiger partial charge in [0, 0.05) is 0 Å². The summed E-state index contributed by atoms with van der Waals surface area (Å²) in [6.07, 6.45) is 2.90. The highest BCUT2D eigenvalue weighted by molar-refractivity contribution is 5.91. The van der Waals surface area contributed by atoms with Crippen molar-refractivity contribution in [1.29, 1.82) is 0 Å². The number of carbonyl (C=O) groups excluding carboxylic acids is 1. The molecule has 5 heteroatoms. The van der Waals surface area contributed by atoms with Gasteiger partial charge in [-0.15, -0.1) is 0 Å². The lowest BCUT2D eigenvalue weighted by molar-refractivity contribution is -0.155. The third-order valence-electron chi connectivity index (χ3n) is 2.41. The van der Waals surface area contributed by atoms with E-state index in [-0.39, 0.29) is 24.0 Å². The molecule has 0 aliphatic carbocycles. The van der Waals surface area contributed by atoms with Crippen molar-refractivity contribution in [3.05, 3.63) is 23.5 Å². The minimum absolute atomic E-state index is 0.0676. The molecular formula is C15H26O5. The van der Waals surface area contributed by atoms with Crippen molar-refractivity contribution in [2.24, 2.45) is 0 Å². The summed E-state index contributed by atoms with van der Waals surface area (Å²) < 4.78 is 15.9. The Morgan fingerprint density at radius 3 is 2.45 bits per heavy atom. The number of carbonyl (C=O) groups is 1. The van der Waals surface area contributed by atoms with Crippen molar-refractivity contribution in [2.75, 3.05) is 13.2 Å². The van der Waals surface area contributed by atoms with Gasteiger partial charge in [-0.3, -0.25) is 0 Å². The summed E-state index contributed by atoms with van der Waals surface area (Å²) in [6.45, 7) is 11.3. The molecule has 0 aromatic rings. The molecule has 5 nitrogen and oxygen atoms in total. The first kappa shape index (κ1) is 18.7. The Morgan fingerprint density at radius 2 is 2.05 bits per heavy atom. The molecular weight excluding hydrogens is 260 g/mol. The monoisotopic (exact) mass is 286 g/mol. The second kappa shape index (κ2) is 8.76. The van der Waals surface area contributed by atoms with Crippen molar-refractivity contribution in [1.82, 2.24) is 0 Å². The number of aliphatic hydroxyl groups excluding tert-OH is 1. The highest BCUT2D eigenvalue weighted by atomic mass is 16.7. The molecule has 0 saturated carbocycles. The van der Waals surface area contributed by atoms with Crippen LogP contribution in [0.1, 0.15) is 41.5 Å². The average Bonchev–Trinajstić information content (AvgIpc) is 2.75. The van der Waals surface area contributed by atoms with Crippen LogP contribution in [-0.4, -0.2) is 36.2 Å². The van der Waals surface area contributed by atoms with Crippen molar-refractivity contribution in [2.45, 2.75) is 53.4 Å². The van der Waals surface area contributed by atoms with Gasteiger partial charge >= 0.3 is 5.97 Å². The van der Waals surface area contributed by atoms with E-state index in [0.717, 1.165) is 0 Å². The maximum Gasteiger partial charge on any atom is 0.341 e. The Bertz CT molecular complexity index is 364. The largest absolute Gasteiger partial charge is 0.512 e. The molecule has 0 aromatic carbocycles. The van der Waals surface area contributed by atoms with E-state index >= 15 is 0 Å². The molecule has 20 heavy (non-hydrogen) atoms. The quantitative estimate of drug-likeness (QED) is 0.372. The van der Waals surface area contributed by atoms with Gasteiger partial charge in [-0.25, -0.2) is 4.79 Å². The fraction of sp³-hybridized carbons (Fsp3) is 0.667. The van der Waals surface area contributed by atoms with E-state index in [9.17, 15) is 9.90 Å². The van der Waals surface area contributed by atoms with Crippen LogP contribution in [0.4, 0.5) is 0 Å². The molecule has 0 bridgehead atoms. The van der Waals surface area contributed by atoms with Crippen LogP contribution in [-0.2, 0) is 19.0 Å². The average molecular weight is 286 g/mol. The fourth-order valence-electron chi connectivity index (χ4n) is 1.59. The van der Waals surface area contributed by atoms with E-state index in [1.54, 1.807) is 26.8 Å². The van der Waals surface area contributed by atoms with Crippen LogP contribution < -0.4 is 0 Å². The van der Waals surface area contributed by atoms with Crippen LogP contribution in [0, 0.1) is 0 Å². The van der Waals surface area contributed by atoms with Crippen molar-refractivity contribution < 1.29 is 24.1 Å². The van der Waals surface area contributed by atoms with E-state index in [1.807, 2.05) is 13.8 Å². The predicted octanol–water partition coefficient (Wildman–Crippen LogP) is 3.12. The van der Waals surface area contributed by atoms with Gasteiger partial charge in [-0.1, -0.05) is 19.9 Å². The predicted molar refractivity (Wildman–Crippen MR) is 77.4 cm³/mol. The van der Waals surface area contributed by atoms with Crippen LogP contribution in [0.25, 0.3) is 0 Å². The molecule has 0 aromatic heterocycles. The Hall–Kier alpha value is -1.33. The normalized spacial score (nSPS) is 22.0. The fourth-order valence-corrected chi connectivity index (χ4v) is 1.59. The van der Waals surface area contributed by atoms with Crippen molar-refractivity contribution in [3.63, 3.8) is 0 Å². The van der Waals surface area contributed by atoms with Gasteiger partial charge < -0.3 is 19.3 Å².